The number of hydrogen-bond acceptors (Lipinski definition) is 5. The molecule has 1 aromatic heterocycles. The molecule has 7 nitrogen and oxygen atoms in total. The molecule has 0 radical (unpaired) electrons. The molecule has 0 aliphatic carbocycles. The molecule has 2 heterocycles. The highest BCUT2D eigenvalue weighted by molar-refractivity contribution is 7.99. The Labute approximate surface area is 161 Å². The smallest absolute Gasteiger partial charge is 0.343 e. The number of piperazine rings is 1. The molecule has 1 saturated heterocycles. The summed E-state index contributed by atoms with van der Waals surface area (Å²) in [5, 5.41) is 7.04. The molecule has 1 amide bonds. The molecule has 146 valence electrons. The van der Waals surface area contributed by atoms with Crippen molar-refractivity contribution in [2.75, 3.05) is 36.8 Å². The van der Waals surface area contributed by atoms with Crippen LogP contribution in [0.4, 0.5) is 10.1 Å². The predicted octanol–water partition coefficient (Wildman–Crippen LogP) is 1.95. The van der Waals surface area contributed by atoms with Gasteiger partial charge in [0, 0.05) is 38.4 Å². The van der Waals surface area contributed by atoms with E-state index in [-0.39, 0.29) is 23.2 Å². The fourth-order valence-corrected chi connectivity index (χ4v) is 3.89. The largest absolute Gasteiger partial charge is 0.368 e. The van der Waals surface area contributed by atoms with Gasteiger partial charge in [0.15, 0.2) is 5.16 Å². The van der Waals surface area contributed by atoms with Crippen LogP contribution < -0.4 is 10.6 Å². The zero-order chi connectivity index (χ0) is 19.2. The van der Waals surface area contributed by atoms with Crippen LogP contribution in [0.1, 0.15) is 19.8 Å². The molecular weight excluding hydrogens is 369 g/mol. The second-order valence-corrected chi connectivity index (χ2v) is 7.39. The minimum atomic E-state index is -0.250. The molecule has 27 heavy (non-hydrogen) atoms. The van der Waals surface area contributed by atoms with E-state index in [4.69, 9.17) is 0 Å². The molecule has 0 unspecified atom stereocenters. The summed E-state index contributed by atoms with van der Waals surface area (Å²) in [6.07, 6.45) is 1.88. The molecule has 1 aromatic carbocycles. The maximum absolute atomic E-state index is 13.0. The first-order chi connectivity index (χ1) is 13.1. The van der Waals surface area contributed by atoms with Gasteiger partial charge in [-0.25, -0.2) is 14.3 Å². The quantitative estimate of drug-likeness (QED) is 0.728. The first kappa shape index (κ1) is 19.5. The lowest BCUT2D eigenvalue weighted by atomic mass is 10.2. The Morgan fingerprint density at radius 3 is 2.59 bits per heavy atom. The molecule has 9 heteroatoms. The molecule has 1 fully saturated rings. The van der Waals surface area contributed by atoms with Gasteiger partial charge >= 0.3 is 5.69 Å². The monoisotopic (exact) mass is 393 g/mol. The zero-order valence-electron chi connectivity index (χ0n) is 15.4. The third-order valence-corrected chi connectivity index (χ3v) is 5.57. The molecule has 0 saturated carbocycles. The van der Waals surface area contributed by atoms with Crippen LogP contribution in [0.25, 0.3) is 0 Å². The maximum atomic E-state index is 13.0. The van der Waals surface area contributed by atoms with Crippen molar-refractivity contribution in [3.05, 3.63) is 40.6 Å². The number of H-pyrrole nitrogens is 1. The molecule has 1 N–H and O–H groups in total. The number of amides is 1. The standard InChI is InChI=1S/C18H24FN5O2S/c1-2-3-8-24-17(26)20-21-18(24)27-13-16(25)23-11-9-22(10-12-23)15-6-4-14(19)5-7-15/h4-7H,2-3,8-13H2,1H3,(H,20,26). The topological polar surface area (TPSA) is 74.2 Å². The number of anilines is 1. The van der Waals surface area contributed by atoms with Gasteiger partial charge in [-0.15, -0.1) is 5.10 Å². The SMILES string of the molecule is CCCCn1c(SCC(=O)N2CCN(c3ccc(F)cc3)CC2)n[nH]c1=O. The van der Waals surface area contributed by atoms with Gasteiger partial charge in [-0.05, 0) is 30.7 Å². The Morgan fingerprint density at radius 1 is 1.22 bits per heavy atom. The van der Waals surface area contributed by atoms with Crippen molar-refractivity contribution in [2.45, 2.75) is 31.5 Å². The summed E-state index contributed by atoms with van der Waals surface area (Å²) in [6.45, 7) is 5.35. The third kappa shape index (κ3) is 4.91. The van der Waals surface area contributed by atoms with Crippen LogP contribution in [0.15, 0.2) is 34.2 Å². The second kappa shape index (κ2) is 9.07. The Bertz CT molecular complexity index is 812. The van der Waals surface area contributed by atoms with Crippen molar-refractivity contribution < 1.29 is 9.18 Å². The zero-order valence-corrected chi connectivity index (χ0v) is 16.2. The van der Waals surface area contributed by atoms with E-state index >= 15 is 0 Å². The van der Waals surface area contributed by atoms with E-state index in [0.717, 1.165) is 18.5 Å². The van der Waals surface area contributed by atoms with Gasteiger partial charge in [0.25, 0.3) is 0 Å². The van der Waals surface area contributed by atoms with Crippen LogP contribution in [-0.4, -0.2) is 57.5 Å². The number of benzene rings is 1. The van der Waals surface area contributed by atoms with Crippen molar-refractivity contribution >= 4 is 23.4 Å². The van der Waals surface area contributed by atoms with Gasteiger partial charge < -0.3 is 9.80 Å². The number of thioether (sulfide) groups is 1. The van der Waals surface area contributed by atoms with Gasteiger partial charge in [-0.3, -0.25) is 9.36 Å². The lowest BCUT2D eigenvalue weighted by Gasteiger charge is -2.36. The van der Waals surface area contributed by atoms with Crippen LogP contribution in [0, 0.1) is 5.82 Å². The highest BCUT2D eigenvalue weighted by atomic mass is 32.2. The number of aromatic amines is 1. The van der Waals surface area contributed by atoms with Crippen LogP contribution >= 0.6 is 11.8 Å². The number of nitrogens with one attached hydrogen (secondary N) is 1. The van der Waals surface area contributed by atoms with Gasteiger partial charge in [-0.2, -0.15) is 0 Å². The molecule has 1 aliphatic heterocycles. The lowest BCUT2D eigenvalue weighted by molar-refractivity contribution is -0.128. The number of nitrogens with zero attached hydrogens (tertiary/aromatic N) is 4. The Morgan fingerprint density at radius 2 is 1.93 bits per heavy atom. The number of halogens is 1. The molecule has 0 atom stereocenters. The highest BCUT2D eigenvalue weighted by Gasteiger charge is 2.22. The summed E-state index contributed by atoms with van der Waals surface area (Å²) in [5.74, 6) is 0.0454. The van der Waals surface area contributed by atoms with Gasteiger partial charge in [0.05, 0.1) is 5.75 Å². The van der Waals surface area contributed by atoms with Crippen molar-refractivity contribution in [3.63, 3.8) is 0 Å². The van der Waals surface area contributed by atoms with E-state index in [9.17, 15) is 14.0 Å². The third-order valence-electron chi connectivity index (χ3n) is 4.61. The predicted molar refractivity (Wildman–Crippen MR) is 104 cm³/mol. The van der Waals surface area contributed by atoms with Gasteiger partial charge in [-0.1, -0.05) is 25.1 Å². The molecular formula is C18H24FN5O2S. The summed E-state index contributed by atoms with van der Waals surface area (Å²) < 4.78 is 14.6. The molecule has 1 aliphatic rings. The minimum Gasteiger partial charge on any atom is -0.368 e. The number of carbonyl (C=O) groups is 1. The van der Waals surface area contributed by atoms with Crippen LogP contribution in [0.3, 0.4) is 0 Å². The normalized spacial score (nSPS) is 14.6. The maximum Gasteiger partial charge on any atom is 0.343 e. The van der Waals surface area contributed by atoms with Crippen LogP contribution in [0.5, 0.6) is 0 Å². The summed E-state index contributed by atoms with van der Waals surface area (Å²) in [6, 6.07) is 6.42. The van der Waals surface area contributed by atoms with Crippen molar-refractivity contribution in [2.24, 2.45) is 0 Å². The van der Waals surface area contributed by atoms with Crippen LogP contribution in [0.2, 0.25) is 0 Å². The van der Waals surface area contributed by atoms with Crippen molar-refractivity contribution in [1.82, 2.24) is 19.7 Å². The molecule has 2 aromatic rings. The number of rotatable bonds is 7. The highest BCUT2D eigenvalue weighted by Crippen LogP contribution is 2.19. The minimum absolute atomic E-state index is 0.0382. The number of aromatic nitrogens is 3. The fraction of sp³-hybridized carbons (Fsp3) is 0.500. The van der Waals surface area contributed by atoms with Crippen molar-refractivity contribution in [1.29, 1.82) is 0 Å². The Balaban J connectivity index is 1.50. The van der Waals surface area contributed by atoms with E-state index < -0.39 is 0 Å². The second-order valence-electron chi connectivity index (χ2n) is 6.45. The fourth-order valence-electron chi connectivity index (χ4n) is 3.01. The number of hydrogen-bond donors (Lipinski definition) is 1. The summed E-state index contributed by atoms with van der Waals surface area (Å²) >= 11 is 1.29. The van der Waals surface area contributed by atoms with Gasteiger partial charge in [0.2, 0.25) is 5.91 Å². The summed E-state index contributed by atoms with van der Waals surface area (Å²) in [5.41, 5.74) is 0.737. The Hall–Kier alpha value is -2.29. The van der Waals surface area contributed by atoms with E-state index in [1.54, 1.807) is 16.7 Å². The van der Waals surface area contributed by atoms with Gasteiger partial charge in [0.1, 0.15) is 5.82 Å². The Kier molecular flexibility index (Phi) is 6.54. The molecule has 3 rings (SSSR count). The first-order valence-electron chi connectivity index (χ1n) is 9.14. The molecule has 0 spiro atoms. The summed E-state index contributed by atoms with van der Waals surface area (Å²) in [7, 11) is 0. The van der Waals surface area contributed by atoms with E-state index in [1.165, 1.54) is 23.9 Å². The number of carbonyl (C=O) groups excluding carboxylic acids is 1. The van der Waals surface area contributed by atoms with Crippen LogP contribution in [-0.2, 0) is 11.3 Å². The summed E-state index contributed by atoms with van der Waals surface area (Å²) in [4.78, 5) is 28.3. The average Bonchev–Trinajstić information content (AvgIpc) is 3.04. The first-order valence-corrected chi connectivity index (χ1v) is 10.1. The molecule has 0 bridgehead atoms. The lowest BCUT2D eigenvalue weighted by Crippen LogP contribution is -2.49. The average molecular weight is 393 g/mol. The number of unbranched alkanes of at least 4 members (excludes halogenated alkanes) is 1. The van der Waals surface area contributed by atoms with E-state index in [1.807, 2.05) is 4.90 Å². The van der Waals surface area contributed by atoms with E-state index in [2.05, 4.69) is 22.0 Å². The van der Waals surface area contributed by atoms with Crippen molar-refractivity contribution in [3.8, 4) is 0 Å². The van der Waals surface area contributed by atoms with E-state index in [0.29, 0.717) is 37.9 Å².